The van der Waals surface area contributed by atoms with Gasteiger partial charge < -0.3 is 5.32 Å². The van der Waals surface area contributed by atoms with Gasteiger partial charge in [-0.05, 0) is 42.7 Å². The zero-order valence-corrected chi connectivity index (χ0v) is 15.4. The number of aromatic nitrogens is 1. The molecule has 0 unspecified atom stereocenters. The smallest absolute Gasteiger partial charge is 0.240 e. The highest BCUT2D eigenvalue weighted by Gasteiger charge is 2.28. The van der Waals surface area contributed by atoms with Crippen LogP contribution in [-0.2, 0) is 21.2 Å². The van der Waals surface area contributed by atoms with Crippen molar-refractivity contribution in [3.05, 3.63) is 66.4 Å². The Morgan fingerprint density at radius 2 is 1.85 bits per heavy atom. The Hall–Kier alpha value is -2.77. The van der Waals surface area contributed by atoms with E-state index in [-0.39, 0.29) is 23.3 Å². The molecule has 0 atom stereocenters. The van der Waals surface area contributed by atoms with Crippen molar-refractivity contribution in [1.82, 2.24) is 9.71 Å². The zero-order chi connectivity index (χ0) is 18.9. The highest BCUT2D eigenvalue weighted by molar-refractivity contribution is 7.89. The molecule has 6 nitrogen and oxygen atoms in total. The van der Waals surface area contributed by atoms with Crippen LogP contribution in [0.2, 0.25) is 0 Å². The fourth-order valence-corrected chi connectivity index (χ4v) is 4.27. The van der Waals surface area contributed by atoms with Crippen LogP contribution in [0, 0.1) is 0 Å². The lowest BCUT2D eigenvalue weighted by Gasteiger charge is -2.10. The second kappa shape index (κ2) is 7.09. The van der Waals surface area contributed by atoms with Crippen LogP contribution in [0.25, 0.3) is 10.9 Å². The molecule has 1 aliphatic carbocycles. The van der Waals surface area contributed by atoms with Crippen LogP contribution in [0.15, 0.2) is 65.7 Å². The molecule has 0 aliphatic heterocycles. The lowest BCUT2D eigenvalue weighted by Crippen LogP contribution is -2.25. The van der Waals surface area contributed by atoms with E-state index in [1.807, 2.05) is 30.3 Å². The molecule has 1 amide bonds. The van der Waals surface area contributed by atoms with Crippen molar-refractivity contribution in [2.24, 2.45) is 0 Å². The summed E-state index contributed by atoms with van der Waals surface area (Å²) in [6, 6.07) is 15.8. The molecule has 27 heavy (non-hydrogen) atoms. The molecule has 1 saturated carbocycles. The molecule has 0 bridgehead atoms. The van der Waals surface area contributed by atoms with Crippen LogP contribution in [0.5, 0.6) is 0 Å². The van der Waals surface area contributed by atoms with Gasteiger partial charge in [0.1, 0.15) is 0 Å². The molecule has 0 spiro atoms. The second-order valence-electron chi connectivity index (χ2n) is 6.64. The number of pyridine rings is 1. The molecular weight excluding hydrogens is 362 g/mol. The predicted octanol–water partition coefficient (Wildman–Crippen LogP) is 2.86. The predicted molar refractivity (Wildman–Crippen MR) is 104 cm³/mol. The SMILES string of the molecule is O=C(Cc1cccc2cccnc12)Nc1cccc(S(=O)(=O)NC2CC2)c1. The maximum atomic E-state index is 12.5. The van der Waals surface area contributed by atoms with Crippen molar-refractivity contribution >= 4 is 32.5 Å². The van der Waals surface area contributed by atoms with Crippen LogP contribution >= 0.6 is 0 Å². The van der Waals surface area contributed by atoms with E-state index in [1.54, 1.807) is 18.3 Å². The first kappa shape index (κ1) is 17.6. The Bertz CT molecular complexity index is 1100. The molecule has 0 saturated heterocycles. The van der Waals surface area contributed by atoms with Gasteiger partial charge in [0, 0.05) is 23.3 Å². The van der Waals surface area contributed by atoms with Gasteiger partial charge in [0.05, 0.1) is 16.8 Å². The summed E-state index contributed by atoms with van der Waals surface area (Å²) in [5, 5.41) is 3.75. The van der Waals surface area contributed by atoms with Crippen molar-refractivity contribution in [2.75, 3.05) is 5.32 Å². The molecular formula is C20H19N3O3S. The van der Waals surface area contributed by atoms with Gasteiger partial charge in [-0.15, -0.1) is 0 Å². The van der Waals surface area contributed by atoms with E-state index >= 15 is 0 Å². The molecule has 0 radical (unpaired) electrons. The zero-order valence-electron chi connectivity index (χ0n) is 14.6. The summed E-state index contributed by atoms with van der Waals surface area (Å²) in [5.41, 5.74) is 2.07. The van der Waals surface area contributed by atoms with Crippen molar-refractivity contribution < 1.29 is 13.2 Å². The number of hydrogen-bond acceptors (Lipinski definition) is 4. The monoisotopic (exact) mass is 381 g/mol. The van der Waals surface area contributed by atoms with E-state index in [2.05, 4.69) is 15.0 Å². The average Bonchev–Trinajstić information content (AvgIpc) is 3.45. The number of fused-ring (bicyclic) bond motifs is 1. The molecule has 138 valence electrons. The largest absolute Gasteiger partial charge is 0.326 e. The molecule has 3 aromatic rings. The average molecular weight is 381 g/mol. The first-order valence-corrected chi connectivity index (χ1v) is 10.2. The molecule has 7 heteroatoms. The summed E-state index contributed by atoms with van der Waals surface area (Å²) < 4.78 is 27.3. The molecule has 1 fully saturated rings. The van der Waals surface area contributed by atoms with Gasteiger partial charge in [-0.25, -0.2) is 13.1 Å². The maximum absolute atomic E-state index is 12.5. The van der Waals surface area contributed by atoms with E-state index in [0.717, 1.165) is 29.3 Å². The van der Waals surface area contributed by atoms with Crippen LogP contribution in [-0.4, -0.2) is 25.4 Å². The number of para-hydroxylation sites is 1. The number of sulfonamides is 1. The number of hydrogen-bond donors (Lipinski definition) is 2. The van der Waals surface area contributed by atoms with E-state index < -0.39 is 10.0 Å². The van der Waals surface area contributed by atoms with Crippen molar-refractivity contribution in [3.63, 3.8) is 0 Å². The second-order valence-corrected chi connectivity index (χ2v) is 8.35. The molecule has 4 rings (SSSR count). The Balaban J connectivity index is 1.50. The summed E-state index contributed by atoms with van der Waals surface area (Å²) in [6.45, 7) is 0. The number of anilines is 1. The summed E-state index contributed by atoms with van der Waals surface area (Å²) in [4.78, 5) is 17.0. The number of nitrogens with zero attached hydrogens (tertiary/aromatic N) is 1. The summed E-state index contributed by atoms with van der Waals surface area (Å²) in [7, 11) is -3.55. The summed E-state index contributed by atoms with van der Waals surface area (Å²) >= 11 is 0. The fourth-order valence-electron chi connectivity index (χ4n) is 2.92. The van der Waals surface area contributed by atoms with Gasteiger partial charge in [0.25, 0.3) is 0 Å². The molecule has 2 N–H and O–H groups in total. The van der Waals surface area contributed by atoms with Crippen LogP contribution < -0.4 is 10.0 Å². The first-order chi connectivity index (χ1) is 13.0. The molecule has 1 aliphatic rings. The Kier molecular flexibility index (Phi) is 4.63. The number of rotatable bonds is 6. The minimum Gasteiger partial charge on any atom is -0.326 e. The normalized spacial score (nSPS) is 14.2. The summed E-state index contributed by atoms with van der Waals surface area (Å²) in [6.07, 6.45) is 3.60. The van der Waals surface area contributed by atoms with Crippen molar-refractivity contribution in [3.8, 4) is 0 Å². The third kappa shape index (κ3) is 4.15. The minimum atomic E-state index is -3.55. The number of carbonyl (C=O) groups excluding carboxylic acids is 1. The quantitative estimate of drug-likeness (QED) is 0.687. The van der Waals surface area contributed by atoms with Crippen LogP contribution in [0.3, 0.4) is 0 Å². The van der Waals surface area contributed by atoms with Gasteiger partial charge in [0.2, 0.25) is 15.9 Å². The lowest BCUT2D eigenvalue weighted by atomic mass is 10.1. The minimum absolute atomic E-state index is 0.0344. The number of benzene rings is 2. The molecule has 1 aromatic heterocycles. The van der Waals surface area contributed by atoms with E-state index in [0.29, 0.717) is 5.69 Å². The van der Waals surface area contributed by atoms with Crippen molar-refractivity contribution in [1.29, 1.82) is 0 Å². The summed E-state index contributed by atoms with van der Waals surface area (Å²) in [5.74, 6) is -0.224. The van der Waals surface area contributed by atoms with E-state index in [9.17, 15) is 13.2 Å². The van der Waals surface area contributed by atoms with Crippen LogP contribution in [0.4, 0.5) is 5.69 Å². The van der Waals surface area contributed by atoms with Crippen LogP contribution in [0.1, 0.15) is 18.4 Å². The Morgan fingerprint density at radius 1 is 1.07 bits per heavy atom. The van der Waals surface area contributed by atoms with Gasteiger partial charge >= 0.3 is 0 Å². The van der Waals surface area contributed by atoms with Gasteiger partial charge in [-0.2, -0.15) is 0 Å². The van der Waals surface area contributed by atoms with Gasteiger partial charge in [-0.1, -0.05) is 30.3 Å². The number of amides is 1. The van der Waals surface area contributed by atoms with E-state index in [4.69, 9.17) is 0 Å². The number of nitrogens with one attached hydrogen (secondary N) is 2. The standard InChI is InChI=1S/C20H19N3O3S/c24-19(12-15-5-1-4-14-6-3-11-21-20(14)15)22-17-7-2-8-18(13-17)27(25,26)23-16-9-10-16/h1-8,11,13,16,23H,9-10,12H2,(H,22,24). The van der Waals surface area contributed by atoms with Gasteiger partial charge in [-0.3, -0.25) is 9.78 Å². The Labute approximate surface area is 157 Å². The van der Waals surface area contributed by atoms with Crippen molar-refractivity contribution in [2.45, 2.75) is 30.2 Å². The maximum Gasteiger partial charge on any atom is 0.240 e. The highest BCUT2D eigenvalue weighted by Crippen LogP contribution is 2.23. The van der Waals surface area contributed by atoms with Gasteiger partial charge in [0.15, 0.2) is 0 Å². The number of carbonyl (C=O) groups is 1. The molecule has 1 heterocycles. The fraction of sp³-hybridized carbons (Fsp3) is 0.200. The third-order valence-electron chi connectivity index (χ3n) is 4.39. The molecule has 2 aromatic carbocycles. The highest BCUT2D eigenvalue weighted by atomic mass is 32.2. The lowest BCUT2D eigenvalue weighted by molar-refractivity contribution is -0.115. The Morgan fingerprint density at radius 3 is 2.67 bits per heavy atom. The third-order valence-corrected chi connectivity index (χ3v) is 5.91. The van der Waals surface area contributed by atoms with E-state index in [1.165, 1.54) is 12.1 Å². The topological polar surface area (TPSA) is 88.2 Å². The first-order valence-electron chi connectivity index (χ1n) is 8.76.